The Balaban J connectivity index is 0.00000176. The van der Waals surface area contributed by atoms with Gasteiger partial charge in [0.05, 0.1) is 13.2 Å². The maximum atomic E-state index is 12.9. The van der Waals surface area contributed by atoms with Gasteiger partial charge in [-0.15, -0.1) is 0 Å². The SMILES string of the molecule is Cc1cc(N2CCOC[C@H]2C)ccc1-c1ccc(F)nc1.S. The zero-order chi connectivity index (χ0) is 14.8. The lowest BCUT2D eigenvalue weighted by Gasteiger charge is -2.35. The molecule has 0 N–H and O–H groups in total. The van der Waals surface area contributed by atoms with Crippen molar-refractivity contribution in [3.8, 4) is 11.1 Å². The summed E-state index contributed by atoms with van der Waals surface area (Å²) in [7, 11) is 0. The maximum absolute atomic E-state index is 12.9. The number of hydrogen-bond donors (Lipinski definition) is 0. The number of ether oxygens (including phenoxy) is 1. The van der Waals surface area contributed by atoms with E-state index in [0.717, 1.165) is 30.9 Å². The van der Waals surface area contributed by atoms with Crippen LogP contribution in [-0.2, 0) is 4.74 Å². The first kappa shape index (κ1) is 16.8. The lowest BCUT2D eigenvalue weighted by molar-refractivity contribution is 0.0989. The molecule has 0 spiro atoms. The molecule has 1 aliphatic rings. The van der Waals surface area contributed by atoms with Gasteiger partial charge in [0, 0.05) is 30.0 Å². The van der Waals surface area contributed by atoms with Crippen molar-refractivity contribution in [3.63, 3.8) is 0 Å². The van der Waals surface area contributed by atoms with E-state index in [1.54, 1.807) is 12.3 Å². The molecular weight excluding hydrogens is 299 g/mol. The lowest BCUT2D eigenvalue weighted by atomic mass is 10.0. The lowest BCUT2D eigenvalue weighted by Crippen LogP contribution is -2.43. The summed E-state index contributed by atoms with van der Waals surface area (Å²) in [4.78, 5) is 6.09. The minimum Gasteiger partial charge on any atom is -0.377 e. The van der Waals surface area contributed by atoms with Crippen molar-refractivity contribution in [2.24, 2.45) is 0 Å². The highest BCUT2D eigenvalue weighted by Crippen LogP contribution is 2.28. The van der Waals surface area contributed by atoms with Gasteiger partial charge in [0.2, 0.25) is 5.95 Å². The van der Waals surface area contributed by atoms with Crippen LogP contribution in [0.15, 0.2) is 36.5 Å². The number of aromatic nitrogens is 1. The third-order valence-corrected chi connectivity index (χ3v) is 3.95. The third kappa shape index (κ3) is 3.42. The van der Waals surface area contributed by atoms with E-state index in [9.17, 15) is 4.39 Å². The Morgan fingerprint density at radius 1 is 1.27 bits per heavy atom. The number of hydrogen-bond acceptors (Lipinski definition) is 3. The molecule has 0 amide bonds. The predicted molar refractivity (Wildman–Crippen MR) is 92.4 cm³/mol. The van der Waals surface area contributed by atoms with Crippen molar-refractivity contribution in [1.82, 2.24) is 4.98 Å². The van der Waals surface area contributed by atoms with Gasteiger partial charge in [0.1, 0.15) is 0 Å². The molecule has 1 aliphatic heterocycles. The summed E-state index contributed by atoms with van der Waals surface area (Å²) in [6, 6.07) is 9.93. The second-order valence-electron chi connectivity index (χ2n) is 5.49. The van der Waals surface area contributed by atoms with Gasteiger partial charge in [-0.05, 0) is 49.2 Å². The van der Waals surface area contributed by atoms with Gasteiger partial charge in [-0.1, -0.05) is 6.07 Å². The maximum Gasteiger partial charge on any atom is 0.212 e. The van der Waals surface area contributed by atoms with Gasteiger partial charge < -0.3 is 9.64 Å². The molecule has 2 aromatic rings. The summed E-state index contributed by atoms with van der Waals surface area (Å²) in [5.41, 5.74) is 4.41. The summed E-state index contributed by atoms with van der Waals surface area (Å²) in [5.74, 6) is -0.449. The Labute approximate surface area is 137 Å². The fourth-order valence-electron chi connectivity index (χ4n) is 2.80. The molecule has 0 aliphatic carbocycles. The van der Waals surface area contributed by atoms with E-state index in [0.29, 0.717) is 6.04 Å². The zero-order valence-corrected chi connectivity index (χ0v) is 13.8. The van der Waals surface area contributed by atoms with Gasteiger partial charge in [-0.2, -0.15) is 17.9 Å². The smallest absolute Gasteiger partial charge is 0.212 e. The van der Waals surface area contributed by atoms with E-state index in [1.807, 2.05) is 0 Å². The molecular formula is C17H21FN2OS. The van der Waals surface area contributed by atoms with Crippen LogP contribution in [0.5, 0.6) is 0 Å². The van der Waals surface area contributed by atoms with Gasteiger partial charge >= 0.3 is 0 Å². The van der Waals surface area contributed by atoms with Crippen LogP contribution in [0.25, 0.3) is 11.1 Å². The number of nitrogens with zero attached hydrogens (tertiary/aromatic N) is 2. The Hall–Kier alpha value is -1.59. The number of benzene rings is 1. The number of halogens is 1. The summed E-state index contributed by atoms with van der Waals surface area (Å²) in [6.45, 7) is 6.70. The molecule has 3 rings (SSSR count). The summed E-state index contributed by atoms with van der Waals surface area (Å²) in [5, 5.41) is 0. The number of pyridine rings is 1. The standard InChI is InChI=1S/C17H19FN2O.H2S/c1-12-9-15(20-7-8-21-11-13(20)2)4-5-16(12)14-3-6-17(18)19-10-14;/h3-6,9-10,13H,7-8,11H2,1-2H3;1H2/t13-;/m1./s1. The van der Waals surface area contributed by atoms with Crippen molar-refractivity contribution in [2.45, 2.75) is 19.9 Å². The third-order valence-electron chi connectivity index (χ3n) is 3.95. The molecule has 0 radical (unpaired) electrons. The minimum atomic E-state index is -0.449. The fraction of sp³-hybridized carbons (Fsp3) is 0.353. The molecule has 1 fully saturated rings. The second kappa shape index (κ2) is 7.11. The molecule has 22 heavy (non-hydrogen) atoms. The first-order chi connectivity index (χ1) is 10.1. The van der Waals surface area contributed by atoms with Crippen LogP contribution in [0.3, 0.4) is 0 Å². The number of anilines is 1. The summed E-state index contributed by atoms with van der Waals surface area (Å²) in [6.07, 6.45) is 1.58. The quantitative estimate of drug-likeness (QED) is 0.792. The van der Waals surface area contributed by atoms with Crippen molar-refractivity contribution in [3.05, 3.63) is 48.0 Å². The van der Waals surface area contributed by atoms with Crippen LogP contribution in [0.2, 0.25) is 0 Å². The number of rotatable bonds is 2. The van der Waals surface area contributed by atoms with Gasteiger partial charge in [-0.3, -0.25) is 0 Å². The van der Waals surface area contributed by atoms with E-state index in [4.69, 9.17) is 4.74 Å². The van der Waals surface area contributed by atoms with Crippen LogP contribution < -0.4 is 4.90 Å². The molecule has 1 aromatic carbocycles. The zero-order valence-electron chi connectivity index (χ0n) is 12.8. The Bertz CT molecular complexity index is 633. The Morgan fingerprint density at radius 3 is 2.73 bits per heavy atom. The van der Waals surface area contributed by atoms with Crippen molar-refractivity contribution in [2.75, 3.05) is 24.7 Å². The average molecular weight is 320 g/mol. The highest BCUT2D eigenvalue weighted by molar-refractivity contribution is 7.59. The predicted octanol–water partition coefficient (Wildman–Crippen LogP) is 3.53. The largest absolute Gasteiger partial charge is 0.377 e. The van der Waals surface area contributed by atoms with Crippen molar-refractivity contribution < 1.29 is 9.13 Å². The first-order valence-electron chi connectivity index (χ1n) is 7.22. The monoisotopic (exact) mass is 320 g/mol. The Kier molecular flexibility index (Phi) is 5.42. The van der Waals surface area contributed by atoms with Crippen molar-refractivity contribution >= 4 is 19.2 Å². The average Bonchev–Trinajstić information content (AvgIpc) is 2.49. The number of morpholine rings is 1. The molecule has 3 nitrogen and oxygen atoms in total. The molecule has 2 heterocycles. The van der Waals surface area contributed by atoms with Crippen molar-refractivity contribution in [1.29, 1.82) is 0 Å². The van der Waals surface area contributed by atoms with Crippen LogP contribution in [0.1, 0.15) is 12.5 Å². The summed E-state index contributed by atoms with van der Waals surface area (Å²) >= 11 is 0. The molecule has 0 saturated carbocycles. The van der Waals surface area contributed by atoms with E-state index >= 15 is 0 Å². The highest BCUT2D eigenvalue weighted by atomic mass is 32.1. The highest BCUT2D eigenvalue weighted by Gasteiger charge is 2.19. The molecule has 1 atom stereocenters. The van der Waals surface area contributed by atoms with Crippen LogP contribution in [0.4, 0.5) is 10.1 Å². The summed E-state index contributed by atoms with van der Waals surface area (Å²) < 4.78 is 18.4. The van der Waals surface area contributed by atoms with E-state index in [2.05, 4.69) is 41.9 Å². The molecule has 5 heteroatoms. The molecule has 0 unspecified atom stereocenters. The minimum absolute atomic E-state index is 0. The van der Waals surface area contributed by atoms with Crippen LogP contribution >= 0.6 is 13.5 Å². The topological polar surface area (TPSA) is 25.4 Å². The van der Waals surface area contributed by atoms with E-state index < -0.39 is 5.95 Å². The van der Waals surface area contributed by atoms with Gasteiger partial charge in [0.15, 0.2) is 0 Å². The van der Waals surface area contributed by atoms with Crippen LogP contribution in [-0.4, -0.2) is 30.8 Å². The van der Waals surface area contributed by atoms with Gasteiger partial charge in [-0.25, -0.2) is 4.98 Å². The first-order valence-corrected chi connectivity index (χ1v) is 7.22. The van der Waals surface area contributed by atoms with Crippen LogP contribution in [0, 0.1) is 12.9 Å². The molecule has 0 bridgehead atoms. The molecule has 1 aromatic heterocycles. The fourth-order valence-corrected chi connectivity index (χ4v) is 2.80. The second-order valence-corrected chi connectivity index (χ2v) is 5.49. The Morgan fingerprint density at radius 2 is 2.09 bits per heavy atom. The van der Waals surface area contributed by atoms with Gasteiger partial charge in [0.25, 0.3) is 0 Å². The normalized spacial score (nSPS) is 18.0. The molecule has 118 valence electrons. The van der Waals surface area contributed by atoms with E-state index in [1.165, 1.54) is 17.3 Å². The number of aryl methyl sites for hydroxylation is 1. The molecule has 1 saturated heterocycles. The van der Waals surface area contributed by atoms with E-state index in [-0.39, 0.29) is 13.5 Å².